The fourth-order valence-electron chi connectivity index (χ4n) is 4.13. The van der Waals surface area contributed by atoms with Gasteiger partial charge in [-0.05, 0) is 60.2 Å². The average Bonchev–Trinajstić information content (AvgIpc) is 2.85. The molecule has 6 heteroatoms. The molecular formula is C28H34N2O4. The van der Waals surface area contributed by atoms with Crippen molar-refractivity contribution in [1.82, 2.24) is 0 Å². The van der Waals surface area contributed by atoms with E-state index in [4.69, 9.17) is 15.2 Å². The molecule has 1 unspecified atom stereocenters. The number of nitrogens with two attached hydrogens (primary N) is 1. The molecule has 3 aromatic carbocycles. The minimum absolute atomic E-state index is 0.0748. The molecule has 0 fully saturated rings. The van der Waals surface area contributed by atoms with Gasteiger partial charge in [0.05, 0.1) is 25.8 Å². The van der Waals surface area contributed by atoms with Crippen LogP contribution in [0.1, 0.15) is 52.6 Å². The second-order valence-electron chi connectivity index (χ2n) is 8.36. The number of carbonyl (C=O) groups is 1. The smallest absolute Gasteiger partial charge is 0.307 e. The summed E-state index contributed by atoms with van der Waals surface area (Å²) in [6.45, 7) is 6.74. The molecule has 0 radical (unpaired) electrons. The van der Waals surface area contributed by atoms with Crippen molar-refractivity contribution in [3.8, 4) is 5.75 Å². The lowest BCUT2D eigenvalue weighted by Crippen LogP contribution is -2.15. The number of carbonyl (C=O) groups excluding carboxylic acids is 1. The number of anilines is 2. The zero-order valence-corrected chi connectivity index (χ0v) is 20.4. The number of nitrogens with one attached hydrogen (secondary N) is 1. The quantitative estimate of drug-likeness (QED) is 0.287. The third-order valence-corrected chi connectivity index (χ3v) is 6.15. The molecule has 0 aliphatic rings. The largest absolute Gasteiger partial charge is 0.494 e. The van der Waals surface area contributed by atoms with Crippen molar-refractivity contribution >= 4 is 17.3 Å². The molecule has 0 aliphatic heterocycles. The number of aryl methyl sites for hydroxylation is 1. The molecule has 1 atom stereocenters. The van der Waals surface area contributed by atoms with Gasteiger partial charge < -0.3 is 25.6 Å². The lowest BCUT2D eigenvalue weighted by molar-refractivity contribution is -0.145. The molecule has 4 N–H and O–H groups in total. The highest BCUT2D eigenvalue weighted by molar-refractivity contribution is 5.80. The molecule has 3 rings (SSSR count). The van der Waals surface area contributed by atoms with E-state index in [-0.39, 0.29) is 31.5 Å². The van der Waals surface area contributed by atoms with Crippen molar-refractivity contribution < 1.29 is 19.4 Å². The summed E-state index contributed by atoms with van der Waals surface area (Å²) in [5.41, 5.74) is 13.3. The van der Waals surface area contributed by atoms with Crippen LogP contribution in [0.25, 0.3) is 0 Å². The Morgan fingerprint density at radius 3 is 2.50 bits per heavy atom. The first kappa shape index (κ1) is 25.1. The van der Waals surface area contributed by atoms with Gasteiger partial charge in [0.25, 0.3) is 0 Å². The summed E-state index contributed by atoms with van der Waals surface area (Å²) in [6.07, 6.45) is 0.130. The van der Waals surface area contributed by atoms with E-state index in [0.29, 0.717) is 18.0 Å². The van der Waals surface area contributed by atoms with Crippen LogP contribution >= 0.6 is 0 Å². The van der Waals surface area contributed by atoms with E-state index in [1.54, 1.807) is 7.11 Å². The van der Waals surface area contributed by atoms with Crippen molar-refractivity contribution in [2.24, 2.45) is 0 Å². The van der Waals surface area contributed by atoms with Crippen molar-refractivity contribution in [2.75, 3.05) is 24.7 Å². The summed E-state index contributed by atoms with van der Waals surface area (Å²) >= 11 is 0. The Kier molecular flexibility index (Phi) is 8.55. The van der Waals surface area contributed by atoms with Crippen LogP contribution in [0.4, 0.5) is 11.4 Å². The van der Waals surface area contributed by atoms with Crippen LogP contribution in [0.3, 0.4) is 0 Å². The summed E-state index contributed by atoms with van der Waals surface area (Å²) in [7, 11) is 1.60. The summed E-state index contributed by atoms with van der Waals surface area (Å²) in [5.74, 6) is -0.00850. The van der Waals surface area contributed by atoms with E-state index in [0.717, 1.165) is 39.1 Å². The van der Waals surface area contributed by atoms with E-state index in [1.807, 2.05) is 75.4 Å². The lowest BCUT2D eigenvalue weighted by Gasteiger charge is -2.24. The molecule has 0 heterocycles. The summed E-state index contributed by atoms with van der Waals surface area (Å²) < 4.78 is 11.2. The molecule has 0 saturated heterocycles. The van der Waals surface area contributed by atoms with Gasteiger partial charge in [0.2, 0.25) is 0 Å². The Morgan fingerprint density at radius 1 is 1.12 bits per heavy atom. The van der Waals surface area contributed by atoms with E-state index in [1.165, 1.54) is 0 Å². The third-order valence-electron chi connectivity index (χ3n) is 6.15. The number of hydrogen-bond donors (Lipinski definition) is 3. The zero-order valence-electron chi connectivity index (χ0n) is 20.4. The summed E-state index contributed by atoms with van der Waals surface area (Å²) in [4.78, 5) is 13.0. The van der Waals surface area contributed by atoms with E-state index < -0.39 is 0 Å². The van der Waals surface area contributed by atoms with Gasteiger partial charge in [-0.1, -0.05) is 48.5 Å². The topological polar surface area (TPSA) is 93.8 Å². The zero-order chi connectivity index (χ0) is 24.7. The van der Waals surface area contributed by atoms with Gasteiger partial charge in [0.15, 0.2) is 0 Å². The van der Waals surface area contributed by atoms with Crippen LogP contribution in [0.2, 0.25) is 0 Å². The highest BCUT2D eigenvalue weighted by atomic mass is 16.5. The highest BCUT2D eigenvalue weighted by Gasteiger charge is 2.25. The maximum atomic E-state index is 13.0. The fourth-order valence-corrected chi connectivity index (χ4v) is 4.13. The van der Waals surface area contributed by atoms with Crippen molar-refractivity contribution in [1.29, 1.82) is 0 Å². The molecule has 0 amide bonds. The summed E-state index contributed by atoms with van der Waals surface area (Å²) in [5, 5.41) is 13.1. The molecule has 0 aliphatic carbocycles. The minimum Gasteiger partial charge on any atom is -0.494 e. The number of rotatable bonds is 10. The third kappa shape index (κ3) is 5.69. The number of aliphatic hydroxyl groups is 1. The van der Waals surface area contributed by atoms with E-state index >= 15 is 0 Å². The first-order valence-electron chi connectivity index (χ1n) is 11.5. The maximum Gasteiger partial charge on any atom is 0.307 e. The fraction of sp³-hybridized carbons (Fsp3) is 0.321. The van der Waals surface area contributed by atoms with E-state index in [9.17, 15) is 9.90 Å². The number of methoxy groups -OCH3 is 1. The van der Waals surface area contributed by atoms with Crippen molar-refractivity contribution in [3.05, 3.63) is 88.0 Å². The number of benzene rings is 3. The first-order valence-corrected chi connectivity index (χ1v) is 11.5. The SMILES string of the molecule is CCNc1c(OC)cc(C(CC(=O)OCc2ccccc2)c2ccc(C)c(CO)c2)c(C)c1N. The molecule has 6 nitrogen and oxygen atoms in total. The highest BCUT2D eigenvalue weighted by Crippen LogP contribution is 2.41. The maximum absolute atomic E-state index is 13.0. The Labute approximate surface area is 201 Å². The molecule has 180 valence electrons. The van der Waals surface area contributed by atoms with Gasteiger partial charge in [-0.25, -0.2) is 0 Å². The van der Waals surface area contributed by atoms with Crippen LogP contribution in [-0.2, 0) is 22.7 Å². The van der Waals surface area contributed by atoms with Gasteiger partial charge in [-0.3, -0.25) is 4.79 Å². The number of ether oxygens (including phenoxy) is 2. The van der Waals surface area contributed by atoms with Gasteiger partial charge in [-0.15, -0.1) is 0 Å². The first-order chi connectivity index (χ1) is 16.4. The minimum atomic E-state index is -0.318. The number of aliphatic hydroxyl groups excluding tert-OH is 1. The van der Waals surface area contributed by atoms with Crippen molar-refractivity contribution in [3.63, 3.8) is 0 Å². The summed E-state index contributed by atoms with van der Waals surface area (Å²) in [6, 6.07) is 17.5. The molecule has 0 aromatic heterocycles. The van der Waals surface area contributed by atoms with Crippen LogP contribution in [0, 0.1) is 13.8 Å². The van der Waals surface area contributed by atoms with Crippen LogP contribution < -0.4 is 15.8 Å². The second kappa shape index (κ2) is 11.6. The number of esters is 1. The second-order valence-corrected chi connectivity index (χ2v) is 8.36. The molecular weight excluding hydrogens is 428 g/mol. The monoisotopic (exact) mass is 462 g/mol. The number of nitrogen functional groups attached to an aromatic ring is 1. The Bertz CT molecular complexity index is 1130. The van der Waals surface area contributed by atoms with Gasteiger partial charge in [0, 0.05) is 12.5 Å². The molecule has 0 saturated carbocycles. The Morgan fingerprint density at radius 2 is 1.85 bits per heavy atom. The van der Waals surface area contributed by atoms with Gasteiger partial charge >= 0.3 is 5.97 Å². The van der Waals surface area contributed by atoms with Gasteiger partial charge in [-0.2, -0.15) is 0 Å². The molecule has 0 spiro atoms. The van der Waals surface area contributed by atoms with Crippen LogP contribution in [0.15, 0.2) is 54.6 Å². The average molecular weight is 463 g/mol. The molecule has 34 heavy (non-hydrogen) atoms. The predicted molar refractivity (Wildman–Crippen MR) is 136 cm³/mol. The normalized spacial score (nSPS) is 11.7. The van der Waals surface area contributed by atoms with Crippen LogP contribution in [-0.4, -0.2) is 24.7 Å². The standard InChI is InChI=1S/C28H34N2O4/c1-5-30-28-25(33-4)14-23(19(3)27(28)29)24(21-12-11-18(2)22(13-21)16-31)15-26(32)34-17-20-9-7-6-8-10-20/h6-14,24,30-31H,5,15-17,29H2,1-4H3. The number of hydrogen-bond acceptors (Lipinski definition) is 6. The molecule has 3 aromatic rings. The molecule has 0 bridgehead atoms. The van der Waals surface area contributed by atoms with Crippen molar-refractivity contribution in [2.45, 2.75) is 46.3 Å². The lowest BCUT2D eigenvalue weighted by atomic mass is 9.84. The predicted octanol–water partition coefficient (Wildman–Crippen LogP) is 5.08. The Balaban J connectivity index is 2.01. The van der Waals surface area contributed by atoms with E-state index in [2.05, 4.69) is 5.32 Å². The van der Waals surface area contributed by atoms with Crippen LogP contribution in [0.5, 0.6) is 5.75 Å². The van der Waals surface area contributed by atoms with Gasteiger partial charge in [0.1, 0.15) is 18.0 Å². The Hall–Kier alpha value is -3.51.